The molecule has 3 heterocycles. The summed E-state index contributed by atoms with van der Waals surface area (Å²) in [5.74, 6) is 0.760. The molecular weight excluding hydrogens is 368 g/mol. The Morgan fingerprint density at radius 2 is 1.97 bits per heavy atom. The van der Waals surface area contributed by atoms with Gasteiger partial charge in [-0.05, 0) is 53.8 Å². The largest absolute Gasteiger partial charge is 0.379 e. The third-order valence-electron chi connectivity index (χ3n) is 6.17. The van der Waals surface area contributed by atoms with Crippen molar-refractivity contribution in [3.05, 3.63) is 51.6 Å². The van der Waals surface area contributed by atoms with Gasteiger partial charge in [0, 0.05) is 24.2 Å². The maximum atomic E-state index is 13.1. The predicted octanol–water partition coefficient (Wildman–Crippen LogP) is 2.36. The van der Waals surface area contributed by atoms with Crippen molar-refractivity contribution in [1.29, 1.82) is 0 Å². The van der Waals surface area contributed by atoms with Crippen LogP contribution in [0.3, 0.4) is 0 Å². The third kappa shape index (κ3) is 3.47. The van der Waals surface area contributed by atoms with Gasteiger partial charge in [0.2, 0.25) is 0 Å². The number of nitrogens with zero attached hydrogens (tertiary/aromatic N) is 5. The number of benzene rings is 1. The summed E-state index contributed by atoms with van der Waals surface area (Å²) >= 11 is 0. The molecule has 3 aromatic rings. The fraction of sp³-hybridized carbons (Fsp3) is 0.524. The van der Waals surface area contributed by atoms with E-state index >= 15 is 0 Å². The van der Waals surface area contributed by atoms with E-state index < -0.39 is 0 Å². The Kier molecular flexibility index (Phi) is 4.89. The lowest BCUT2D eigenvalue weighted by Gasteiger charge is -2.34. The molecule has 0 radical (unpaired) electrons. The monoisotopic (exact) mass is 394 g/mol. The molecule has 2 aromatic heterocycles. The fourth-order valence-corrected chi connectivity index (χ4v) is 4.67. The van der Waals surface area contributed by atoms with E-state index in [0.29, 0.717) is 24.8 Å². The molecule has 0 amide bonds. The summed E-state index contributed by atoms with van der Waals surface area (Å²) in [6.45, 7) is 4.84. The number of tetrazole rings is 1. The van der Waals surface area contributed by atoms with Gasteiger partial charge in [-0.25, -0.2) is 4.68 Å². The van der Waals surface area contributed by atoms with E-state index in [4.69, 9.17) is 4.74 Å². The van der Waals surface area contributed by atoms with Crippen LogP contribution in [0.15, 0.2) is 29.1 Å². The topological polar surface area (TPSA) is 88.9 Å². The minimum atomic E-state index is -0.289. The van der Waals surface area contributed by atoms with Gasteiger partial charge < -0.3 is 9.72 Å². The minimum absolute atomic E-state index is 0.0844. The normalized spacial score (nSPS) is 19.8. The summed E-state index contributed by atoms with van der Waals surface area (Å²) in [6, 6.07) is 8.11. The Bertz CT molecular complexity index is 1060. The van der Waals surface area contributed by atoms with Crippen LogP contribution in [0.2, 0.25) is 0 Å². The van der Waals surface area contributed by atoms with E-state index in [2.05, 4.69) is 38.4 Å². The molecule has 1 atom stereocenters. The maximum Gasteiger partial charge on any atom is 0.253 e. The van der Waals surface area contributed by atoms with Crippen LogP contribution in [-0.2, 0) is 4.74 Å². The van der Waals surface area contributed by atoms with Crippen LogP contribution < -0.4 is 5.56 Å². The molecule has 1 N–H and O–H groups in total. The number of H-pyrrole nitrogens is 1. The highest BCUT2D eigenvalue weighted by atomic mass is 16.5. The Morgan fingerprint density at radius 1 is 1.17 bits per heavy atom. The standard InChI is InChI=1S/C21H26N6O2/c1-14-6-7-18-15(12-14)13-17(21(28)22-18)19(26-8-10-29-11-9-26)20-23-24-25-27(20)16-4-2-3-5-16/h6-7,12-13,16,19H,2-5,8-11H2,1H3,(H,22,28)/t19-/m1/s1. The van der Waals surface area contributed by atoms with Crippen LogP contribution in [0.1, 0.15) is 54.7 Å². The number of rotatable bonds is 4. The zero-order valence-corrected chi connectivity index (χ0v) is 16.7. The SMILES string of the molecule is Cc1ccc2[nH]c(=O)c([C@H](c3nnnn3C3CCCC3)N3CCOCC3)cc2c1. The second-order valence-electron chi connectivity index (χ2n) is 8.12. The van der Waals surface area contributed by atoms with Gasteiger partial charge >= 0.3 is 0 Å². The molecule has 0 spiro atoms. The smallest absolute Gasteiger partial charge is 0.253 e. The van der Waals surface area contributed by atoms with Gasteiger partial charge in [-0.15, -0.1) is 5.10 Å². The summed E-state index contributed by atoms with van der Waals surface area (Å²) in [5.41, 5.74) is 2.62. The number of nitrogens with one attached hydrogen (secondary N) is 1. The first-order valence-electron chi connectivity index (χ1n) is 10.4. The van der Waals surface area contributed by atoms with E-state index in [1.807, 2.05) is 22.9 Å². The lowest BCUT2D eigenvalue weighted by molar-refractivity contribution is 0.0211. The highest BCUT2D eigenvalue weighted by Gasteiger charge is 2.33. The summed E-state index contributed by atoms with van der Waals surface area (Å²) in [6.07, 6.45) is 4.56. The van der Waals surface area contributed by atoms with Crippen molar-refractivity contribution in [1.82, 2.24) is 30.1 Å². The molecular formula is C21H26N6O2. The van der Waals surface area contributed by atoms with Crippen LogP contribution in [0.4, 0.5) is 0 Å². The summed E-state index contributed by atoms with van der Waals surface area (Å²) in [5, 5.41) is 13.8. The Balaban J connectivity index is 1.65. The predicted molar refractivity (Wildman–Crippen MR) is 109 cm³/mol. The van der Waals surface area contributed by atoms with E-state index in [1.165, 1.54) is 12.8 Å². The number of aryl methyl sites for hydroxylation is 1. The summed E-state index contributed by atoms with van der Waals surface area (Å²) in [7, 11) is 0. The number of hydrogen-bond donors (Lipinski definition) is 1. The van der Waals surface area contributed by atoms with E-state index in [9.17, 15) is 4.79 Å². The van der Waals surface area contributed by atoms with Crippen molar-refractivity contribution in [2.75, 3.05) is 26.3 Å². The number of fused-ring (bicyclic) bond motifs is 1. The molecule has 2 aliphatic rings. The molecule has 1 saturated heterocycles. The van der Waals surface area contributed by atoms with Crippen LogP contribution in [0, 0.1) is 6.92 Å². The summed E-state index contributed by atoms with van der Waals surface area (Å²) < 4.78 is 7.53. The molecule has 0 bridgehead atoms. The molecule has 5 rings (SSSR count). The van der Waals surface area contributed by atoms with Crippen LogP contribution in [-0.4, -0.2) is 56.4 Å². The van der Waals surface area contributed by atoms with Crippen molar-refractivity contribution >= 4 is 10.9 Å². The van der Waals surface area contributed by atoms with Crippen LogP contribution in [0.5, 0.6) is 0 Å². The van der Waals surface area contributed by atoms with Gasteiger partial charge in [0.15, 0.2) is 5.82 Å². The first kappa shape index (κ1) is 18.4. The Hall–Kier alpha value is -2.58. The van der Waals surface area contributed by atoms with Gasteiger partial charge in [0.1, 0.15) is 6.04 Å². The van der Waals surface area contributed by atoms with Gasteiger partial charge in [-0.3, -0.25) is 9.69 Å². The number of aromatic amines is 1. The quantitative estimate of drug-likeness (QED) is 0.731. The van der Waals surface area contributed by atoms with Crippen molar-refractivity contribution in [2.24, 2.45) is 0 Å². The third-order valence-corrected chi connectivity index (χ3v) is 6.17. The molecule has 8 heteroatoms. The van der Waals surface area contributed by atoms with E-state index in [1.54, 1.807) is 0 Å². The minimum Gasteiger partial charge on any atom is -0.379 e. The average Bonchev–Trinajstić information content (AvgIpc) is 3.41. The molecule has 2 fully saturated rings. The van der Waals surface area contributed by atoms with Crippen molar-refractivity contribution in [3.63, 3.8) is 0 Å². The second-order valence-corrected chi connectivity index (χ2v) is 8.12. The fourth-order valence-electron chi connectivity index (χ4n) is 4.67. The molecule has 1 aromatic carbocycles. The highest BCUT2D eigenvalue weighted by Crippen LogP contribution is 2.34. The molecule has 29 heavy (non-hydrogen) atoms. The van der Waals surface area contributed by atoms with Gasteiger partial charge in [-0.2, -0.15) is 0 Å². The molecule has 1 saturated carbocycles. The lowest BCUT2D eigenvalue weighted by Crippen LogP contribution is -2.42. The van der Waals surface area contributed by atoms with Crippen molar-refractivity contribution < 1.29 is 4.74 Å². The van der Waals surface area contributed by atoms with Gasteiger partial charge in [-0.1, -0.05) is 24.5 Å². The second kappa shape index (κ2) is 7.68. The number of morpholine rings is 1. The Labute approximate surface area is 168 Å². The number of ether oxygens (including phenoxy) is 1. The number of hydrogen-bond acceptors (Lipinski definition) is 6. The molecule has 0 unspecified atom stereocenters. The first-order chi connectivity index (χ1) is 14.2. The number of pyridine rings is 1. The van der Waals surface area contributed by atoms with E-state index in [-0.39, 0.29) is 11.6 Å². The molecule has 152 valence electrons. The van der Waals surface area contributed by atoms with Crippen molar-refractivity contribution in [3.8, 4) is 0 Å². The first-order valence-corrected chi connectivity index (χ1v) is 10.4. The van der Waals surface area contributed by atoms with Crippen molar-refractivity contribution in [2.45, 2.75) is 44.7 Å². The highest BCUT2D eigenvalue weighted by molar-refractivity contribution is 5.79. The molecule has 1 aliphatic carbocycles. The Morgan fingerprint density at radius 3 is 2.76 bits per heavy atom. The number of aromatic nitrogens is 5. The summed E-state index contributed by atoms with van der Waals surface area (Å²) in [4.78, 5) is 18.5. The lowest BCUT2D eigenvalue weighted by atomic mass is 10.0. The van der Waals surface area contributed by atoms with Gasteiger partial charge in [0.05, 0.1) is 19.3 Å². The zero-order valence-electron chi connectivity index (χ0n) is 16.7. The zero-order chi connectivity index (χ0) is 19.8. The van der Waals surface area contributed by atoms with E-state index in [0.717, 1.165) is 48.2 Å². The molecule has 1 aliphatic heterocycles. The van der Waals surface area contributed by atoms with Crippen LogP contribution in [0.25, 0.3) is 10.9 Å². The van der Waals surface area contributed by atoms with Crippen LogP contribution >= 0.6 is 0 Å². The molecule has 8 nitrogen and oxygen atoms in total. The average molecular weight is 394 g/mol. The maximum absolute atomic E-state index is 13.1. The van der Waals surface area contributed by atoms with Gasteiger partial charge in [0.25, 0.3) is 5.56 Å².